The Morgan fingerprint density at radius 2 is 2.21 bits per heavy atom. The summed E-state index contributed by atoms with van der Waals surface area (Å²) in [6, 6.07) is 1.73. The molecule has 1 rings (SSSR count). The first-order chi connectivity index (χ1) is 6.72. The van der Waals surface area contributed by atoms with Crippen LogP contribution >= 0.6 is 31.9 Å². The number of aromatic nitrogens is 1. The molecular weight excluding hydrogens is 314 g/mol. The molecule has 14 heavy (non-hydrogen) atoms. The van der Waals surface area contributed by atoms with Gasteiger partial charge in [0, 0.05) is 16.9 Å². The summed E-state index contributed by atoms with van der Waals surface area (Å²) in [4.78, 5) is 15.5. The smallest absolute Gasteiger partial charge is 0.338 e. The highest BCUT2D eigenvalue weighted by Crippen LogP contribution is 2.15. The summed E-state index contributed by atoms with van der Waals surface area (Å²) in [5, 5.41) is 1.21. The van der Waals surface area contributed by atoms with Crippen molar-refractivity contribution in [3.63, 3.8) is 0 Å². The number of alkyl halides is 2. The maximum absolute atomic E-state index is 11.4. The maximum atomic E-state index is 11.4. The first-order valence-corrected chi connectivity index (χ1v) is 6.15. The fraction of sp³-hybridized carbons (Fsp3) is 0.333. The van der Waals surface area contributed by atoms with Gasteiger partial charge in [0.25, 0.3) is 0 Å². The van der Waals surface area contributed by atoms with Crippen LogP contribution in [0.1, 0.15) is 21.6 Å². The molecule has 0 saturated heterocycles. The largest absolute Gasteiger partial charge is 0.465 e. The molecule has 1 heterocycles. The summed E-state index contributed by atoms with van der Waals surface area (Å²) < 4.78 is 4.68. The molecule has 3 nitrogen and oxygen atoms in total. The van der Waals surface area contributed by atoms with Crippen LogP contribution in [0.15, 0.2) is 12.3 Å². The Morgan fingerprint density at radius 1 is 1.50 bits per heavy atom. The summed E-state index contributed by atoms with van der Waals surface area (Å²) in [6.45, 7) is 0. The van der Waals surface area contributed by atoms with Crippen LogP contribution < -0.4 is 0 Å². The van der Waals surface area contributed by atoms with E-state index in [0.29, 0.717) is 16.2 Å². The van der Waals surface area contributed by atoms with E-state index in [0.717, 1.165) is 11.3 Å². The number of nitrogens with zero attached hydrogens (tertiary/aromatic N) is 1. The lowest BCUT2D eigenvalue weighted by molar-refractivity contribution is 0.0599. The molecular formula is C9H9Br2NO2. The first-order valence-electron chi connectivity index (χ1n) is 3.91. The number of rotatable bonds is 3. The van der Waals surface area contributed by atoms with Gasteiger partial charge >= 0.3 is 5.97 Å². The SMILES string of the molecule is COC(=O)c1cc(CBr)ncc1CBr. The summed E-state index contributed by atoms with van der Waals surface area (Å²) in [5.41, 5.74) is 2.21. The van der Waals surface area contributed by atoms with Gasteiger partial charge in [0.15, 0.2) is 0 Å². The third-order valence-corrected chi connectivity index (χ3v) is 2.91. The van der Waals surface area contributed by atoms with Crippen molar-refractivity contribution in [3.8, 4) is 0 Å². The number of halogens is 2. The molecule has 0 aromatic carbocycles. The zero-order valence-electron chi connectivity index (χ0n) is 7.59. The minimum Gasteiger partial charge on any atom is -0.465 e. The van der Waals surface area contributed by atoms with Crippen LogP contribution in [0.3, 0.4) is 0 Å². The number of esters is 1. The molecule has 0 radical (unpaired) electrons. The Kier molecular flexibility index (Phi) is 4.54. The molecule has 0 N–H and O–H groups in total. The van der Waals surface area contributed by atoms with E-state index in [1.165, 1.54) is 7.11 Å². The number of carbonyl (C=O) groups excluding carboxylic acids is 1. The van der Waals surface area contributed by atoms with Crippen molar-refractivity contribution in [2.45, 2.75) is 10.7 Å². The van der Waals surface area contributed by atoms with Crippen molar-refractivity contribution in [1.29, 1.82) is 0 Å². The van der Waals surface area contributed by atoms with Gasteiger partial charge in [0.1, 0.15) is 0 Å². The predicted molar refractivity (Wildman–Crippen MR) is 60.8 cm³/mol. The van der Waals surface area contributed by atoms with Crippen molar-refractivity contribution in [3.05, 3.63) is 29.1 Å². The Labute approximate surface area is 99.1 Å². The lowest BCUT2D eigenvalue weighted by Gasteiger charge is -2.05. The fourth-order valence-electron chi connectivity index (χ4n) is 1.01. The molecule has 0 fully saturated rings. The van der Waals surface area contributed by atoms with Crippen molar-refractivity contribution in [2.75, 3.05) is 7.11 Å². The molecule has 0 aliphatic rings. The Balaban J connectivity index is 3.14. The van der Waals surface area contributed by atoms with E-state index < -0.39 is 0 Å². The van der Waals surface area contributed by atoms with Crippen LogP contribution in [-0.2, 0) is 15.4 Å². The zero-order valence-corrected chi connectivity index (χ0v) is 10.8. The normalized spacial score (nSPS) is 9.93. The summed E-state index contributed by atoms with van der Waals surface area (Å²) >= 11 is 6.58. The Bertz CT molecular complexity index is 342. The minimum absolute atomic E-state index is 0.330. The van der Waals surface area contributed by atoms with Gasteiger partial charge in [-0.1, -0.05) is 31.9 Å². The highest BCUT2D eigenvalue weighted by Gasteiger charge is 2.12. The molecule has 0 unspecified atom stereocenters. The average molecular weight is 323 g/mol. The van der Waals surface area contributed by atoms with Gasteiger partial charge in [-0.25, -0.2) is 4.79 Å². The van der Waals surface area contributed by atoms with Crippen LogP contribution in [0.4, 0.5) is 0 Å². The molecule has 0 atom stereocenters. The second-order valence-corrected chi connectivity index (χ2v) is 3.71. The lowest BCUT2D eigenvalue weighted by atomic mass is 10.1. The van der Waals surface area contributed by atoms with Crippen molar-refractivity contribution >= 4 is 37.8 Å². The zero-order chi connectivity index (χ0) is 10.6. The van der Waals surface area contributed by atoms with Crippen LogP contribution in [0.25, 0.3) is 0 Å². The Hall–Kier alpha value is -0.420. The number of hydrogen-bond donors (Lipinski definition) is 0. The van der Waals surface area contributed by atoms with Gasteiger partial charge < -0.3 is 4.74 Å². The Morgan fingerprint density at radius 3 is 2.71 bits per heavy atom. The van der Waals surface area contributed by atoms with Gasteiger partial charge in [-0.05, 0) is 11.6 Å². The van der Waals surface area contributed by atoms with E-state index in [2.05, 4.69) is 41.6 Å². The van der Waals surface area contributed by atoms with Crippen LogP contribution in [0.5, 0.6) is 0 Å². The second-order valence-electron chi connectivity index (χ2n) is 2.59. The minimum atomic E-state index is -0.330. The number of carbonyl (C=O) groups is 1. The molecule has 0 spiro atoms. The highest BCUT2D eigenvalue weighted by atomic mass is 79.9. The van der Waals surface area contributed by atoms with E-state index in [4.69, 9.17) is 0 Å². The van der Waals surface area contributed by atoms with Gasteiger partial charge in [-0.15, -0.1) is 0 Å². The van der Waals surface area contributed by atoms with Gasteiger partial charge in [0.05, 0.1) is 18.4 Å². The van der Waals surface area contributed by atoms with E-state index in [-0.39, 0.29) is 5.97 Å². The van der Waals surface area contributed by atoms with Gasteiger partial charge in [-0.2, -0.15) is 0 Å². The van der Waals surface area contributed by atoms with Crippen molar-refractivity contribution in [1.82, 2.24) is 4.98 Å². The molecule has 1 aromatic rings. The van der Waals surface area contributed by atoms with Gasteiger partial charge in [-0.3, -0.25) is 4.98 Å². The maximum Gasteiger partial charge on any atom is 0.338 e. The summed E-state index contributed by atoms with van der Waals surface area (Å²) in [6.07, 6.45) is 1.68. The van der Waals surface area contributed by atoms with Crippen LogP contribution in [0.2, 0.25) is 0 Å². The summed E-state index contributed by atoms with van der Waals surface area (Å²) in [5.74, 6) is -0.330. The van der Waals surface area contributed by atoms with E-state index in [1.807, 2.05) is 0 Å². The number of hydrogen-bond acceptors (Lipinski definition) is 3. The fourth-order valence-corrected chi connectivity index (χ4v) is 1.76. The molecule has 0 bridgehead atoms. The molecule has 0 aliphatic heterocycles. The lowest BCUT2D eigenvalue weighted by Crippen LogP contribution is -2.06. The van der Waals surface area contributed by atoms with Gasteiger partial charge in [0.2, 0.25) is 0 Å². The average Bonchev–Trinajstić information content (AvgIpc) is 2.27. The molecule has 1 aromatic heterocycles. The molecule has 76 valence electrons. The van der Waals surface area contributed by atoms with E-state index in [1.54, 1.807) is 12.3 Å². The van der Waals surface area contributed by atoms with E-state index >= 15 is 0 Å². The molecule has 5 heteroatoms. The summed E-state index contributed by atoms with van der Waals surface area (Å²) in [7, 11) is 1.37. The van der Waals surface area contributed by atoms with E-state index in [9.17, 15) is 4.79 Å². The standard InChI is InChI=1S/C9H9Br2NO2/c1-14-9(13)8-2-7(4-11)12-5-6(8)3-10/h2,5H,3-4H2,1H3. The van der Waals surface area contributed by atoms with Crippen LogP contribution in [-0.4, -0.2) is 18.1 Å². The second kappa shape index (κ2) is 5.46. The first kappa shape index (κ1) is 11.7. The van der Waals surface area contributed by atoms with Crippen LogP contribution in [0, 0.1) is 0 Å². The number of methoxy groups -OCH3 is 1. The number of ether oxygens (including phenoxy) is 1. The quantitative estimate of drug-likeness (QED) is 0.634. The van der Waals surface area contributed by atoms with Crippen molar-refractivity contribution < 1.29 is 9.53 Å². The molecule has 0 saturated carbocycles. The molecule has 0 aliphatic carbocycles. The highest BCUT2D eigenvalue weighted by molar-refractivity contribution is 9.08. The topological polar surface area (TPSA) is 39.2 Å². The number of pyridine rings is 1. The molecule has 0 amide bonds. The predicted octanol–water partition coefficient (Wildman–Crippen LogP) is 2.66. The third kappa shape index (κ3) is 2.54. The monoisotopic (exact) mass is 321 g/mol. The van der Waals surface area contributed by atoms with Crippen molar-refractivity contribution in [2.24, 2.45) is 0 Å². The third-order valence-electron chi connectivity index (χ3n) is 1.73.